The van der Waals surface area contributed by atoms with Gasteiger partial charge in [-0.3, -0.25) is 9.59 Å². The summed E-state index contributed by atoms with van der Waals surface area (Å²) >= 11 is 1.26. The molecule has 218 valence electrons. The largest absolute Gasteiger partial charge is 0.465 e. The summed E-state index contributed by atoms with van der Waals surface area (Å²) in [5, 5.41) is 5.03. The number of ether oxygens (including phenoxy) is 2. The molecule has 0 saturated carbocycles. The Morgan fingerprint density at radius 1 is 0.619 bits per heavy atom. The highest BCUT2D eigenvalue weighted by molar-refractivity contribution is 7.15. The van der Waals surface area contributed by atoms with Crippen LogP contribution in [0, 0.1) is 0 Å². The minimum absolute atomic E-state index is 0.206. The van der Waals surface area contributed by atoms with Crippen LogP contribution in [0.1, 0.15) is 20.7 Å². The summed E-state index contributed by atoms with van der Waals surface area (Å²) in [6, 6.07) is 16.3. The lowest BCUT2D eigenvalue weighted by molar-refractivity contribution is -0.204. The van der Waals surface area contributed by atoms with E-state index in [9.17, 15) is 36.7 Å². The Hall–Kier alpha value is -4.56. The molecule has 0 fully saturated rings. The molecule has 4 aromatic rings. The van der Waals surface area contributed by atoms with E-state index < -0.39 is 45.6 Å². The number of halogens is 4. The van der Waals surface area contributed by atoms with Crippen molar-refractivity contribution in [1.29, 1.82) is 0 Å². The molecule has 2 aromatic carbocycles. The second-order valence-electron chi connectivity index (χ2n) is 8.48. The molecule has 2 N–H and O–H groups in total. The normalized spacial score (nSPS) is 11.5. The zero-order valence-electron chi connectivity index (χ0n) is 21.7. The van der Waals surface area contributed by atoms with Crippen molar-refractivity contribution in [2.24, 2.45) is 0 Å². The smallest absolute Gasteiger partial charge is 0.396 e. The fourth-order valence-electron chi connectivity index (χ4n) is 3.82. The lowest BCUT2D eigenvalue weighted by Gasteiger charge is -2.24. The van der Waals surface area contributed by atoms with E-state index in [2.05, 4.69) is 0 Å². The predicted molar refractivity (Wildman–Crippen MR) is 149 cm³/mol. The van der Waals surface area contributed by atoms with Crippen LogP contribution in [0.4, 0.5) is 27.6 Å². The number of methoxy groups -OCH3 is 2. The molecule has 0 spiro atoms. The zero-order valence-corrected chi connectivity index (χ0v) is 23.3. The molecule has 0 bridgehead atoms. The fraction of sp³-hybridized carbons (Fsp3) is 0.143. The van der Waals surface area contributed by atoms with Crippen LogP contribution in [-0.4, -0.2) is 49.8 Å². The van der Waals surface area contributed by atoms with Gasteiger partial charge in [-0.15, -0.1) is 22.7 Å². The Balaban J connectivity index is 1.62. The monoisotopic (exact) mass is 620 g/mol. The highest BCUT2D eigenvalue weighted by Crippen LogP contribution is 2.42. The third-order valence-electron chi connectivity index (χ3n) is 5.95. The van der Waals surface area contributed by atoms with Crippen molar-refractivity contribution in [2.75, 3.05) is 24.9 Å². The number of benzene rings is 2. The third kappa shape index (κ3) is 5.63. The number of carbonyl (C=O) groups excluding carboxylic acids is 4. The van der Waals surface area contributed by atoms with Crippen molar-refractivity contribution in [3.05, 3.63) is 82.6 Å². The lowest BCUT2D eigenvalue weighted by Crippen LogP contribution is -2.56. The molecule has 0 radical (unpaired) electrons. The summed E-state index contributed by atoms with van der Waals surface area (Å²) in [6.45, 7) is 0. The van der Waals surface area contributed by atoms with Crippen LogP contribution in [0.15, 0.2) is 71.4 Å². The number of thiophene rings is 2. The standard InChI is InChI=1S/C28H20F4N2O6S2/c1-39-23(35)19-17(15-9-5-3-6-10-15)13-41-21(19)33-25(37)27(29,30)28(31,32)26(38)34-22-20(24(36)40-2)18(14-42-22)16-11-7-4-8-12-16/h3-14H,1-2H3,(H,33,37)(H,34,38). The molecule has 0 unspecified atom stereocenters. The van der Waals surface area contributed by atoms with Crippen LogP contribution in [-0.2, 0) is 19.1 Å². The molecule has 0 atom stereocenters. The van der Waals surface area contributed by atoms with Crippen LogP contribution >= 0.6 is 22.7 Å². The lowest BCUT2D eigenvalue weighted by atomic mass is 10.0. The van der Waals surface area contributed by atoms with Crippen LogP contribution < -0.4 is 10.6 Å². The van der Waals surface area contributed by atoms with Gasteiger partial charge in [0.2, 0.25) is 0 Å². The van der Waals surface area contributed by atoms with Gasteiger partial charge in [-0.25, -0.2) is 9.59 Å². The summed E-state index contributed by atoms with van der Waals surface area (Å²) in [7, 11) is 2.04. The fourth-order valence-corrected chi connectivity index (χ4v) is 5.72. The van der Waals surface area contributed by atoms with Crippen LogP contribution in [0.5, 0.6) is 0 Å². The van der Waals surface area contributed by atoms with Gasteiger partial charge in [0.15, 0.2) is 0 Å². The Morgan fingerprint density at radius 3 is 1.26 bits per heavy atom. The molecular formula is C28H20F4N2O6S2. The third-order valence-corrected chi connectivity index (χ3v) is 7.74. The van der Waals surface area contributed by atoms with E-state index in [-0.39, 0.29) is 22.3 Å². The second kappa shape index (κ2) is 12.1. The van der Waals surface area contributed by atoms with Gasteiger partial charge in [0.05, 0.1) is 14.2 Å². The van der Waals surface area contributed by atoms with Crippen LogP contribution in [0.3, 0.4) is 0 Å². The number of nitrogens with one attached hydrogen (secondary N) is 2. The Labute approximate surface area is 243 Å². The number of anilines is 2. The SMILES string of the molecule is COC(=O)c1c(-c2ccccc2)csc1NC(=O)C(F)(F)C(F)(F)C(=O)Nc1scc(-c2ccccc2)c1C(=O)OC. The van der Waals surface area contributed by atoms with Crippen molar-refractivity contribution < 1.29 is 46.2 Å². The first kappa shape index (κ1) is 30.4. The molecule has 8 nitrogen and oxygen atoms in total. The van der Waals surface area contributed by atoms with Crippen molar-refractivity contribution in [3.8, 4) is 22.3 Å². The maximum Gasteiger partial charge on any atom is 0.396 e. The average molecular weight is 621 g/mol. The van der Waals surface area contributed by atoms with Crippen LogP contribution in [0.2, 0.25) is 0 Å². The zero-order chi connectivity index (χ0) is 30.7. The summed E-state index contributed by atoms with van der Waals surface area (Å²) in [5.41, 5.74) is 0.688. The minimum Gasteiger partial charge on any atom is -0.465 e. The molecule has 0 aliphatic rings. The molecule has 4 rings (SSSR count). The van der Waals surface area contributed by atoms with Crippen molar-refractivity contribution in [1.82, 2.24) is 0 Å². The van der Waals surface area contributed by atoms with E-state index in [0.717, 1.165) is 14.2 Å². The molecule has 2 aromatic heterocycles. The number of hydrogen-bond acceptors (Lipinski definition) is 8. The molecule has 2 amide bonds. The molecule has 2 heterocycles. The van der Waals surface area contributed by atoms with Crippen molar-refractivity contribution in [2.45, 2.75) is 11.8 Å². The Bertz CT molecular complexity index is 1520. The maximum atomic E-state index is 15.0. The van der Waals surface area contributed by atoms with E-state index in [1.165, 1.54) is 10.8 Å². The summed E-state index contributed by atoms with van der Waals surface area (Å²) in [6.07, 6.45) is 0. The number of carbonyl (C=O) groups is 4. The van der Waals surface area contributed by atoms with Gasteiger partial charge in [-0.05, 0) is 11.1 Å². The van der Waals surface area contributed by atoms with Crippen molar-refractivity contribution >= 4 is 56.4 Å². The number of esters is 2. The van der Waals surface area contributed by atoms with E-state index in [1.54, 1.807) is 71.3 Å². The van der Waals surface area contributed by atoms with Gasteiger partial charge in [-0.1, -0.05) is 60.7 Å². The summed E-state index contributed by atoms with van der Waals surface area (Å²) in [5.74, 6) is -18.3. The number of amides is 2. The van der Waals surface area contributed by atoms with Crippen LogP contribution in [0.25, 0.3) is 22.3 Å². The highest BCUT2D eigenvalue weighted by atomic mass is 32.1. The van der Waals surface area contributed by atoms with E-state index >= 15 is 0 Å². The van der Waals surface area contributed by atoms with E-state index in [1.807, 2.05) is 0 Å². The Morgan fingerprint density at radius 2 is 0.952 bits per heavy atom. The first-order valence-electron chi connectivity index (χ1n) is 11.8. The van der Waals surface area contributed by atoms with E-state index in [4.69, 9.17) is 9.47 Å². The molecular weight excluding hydrogens is 600 g/mol. The van der Waals surface area contributed by atoms with Gasteiger partial charge in [0.25, 0.3) is 0 Å². The quantitative estimate of drug-likeness (QED) is 0.162. The van der Waals surface area contributed by atoms with Crippen molar-refractivity contribution in [3.63, 3.8) is 0 Å². The second-order valence-corrected chi connectivity index (χ2v) is 10.2. The maximum absolute atomic E-state index is 15.0. The first-order valence-corrected chi connectivity index (χ1v) is 13.6. The molecule has 14 heteroatoms. The average Bonchev–Trinajstić information content (AvgIpc) is 3.61. The number of alkyl halides is 4. The highest BCUT2D eigenvalue weighted by Gasteiger charge is 2.67. The van der Waals surface area contributed by atoms with Gasteiger partial charge in [0, 0.05) is 21.9 Å². The Kier molecular flexibility index (Phi) is 8.78. The van der Waals surface area contributed by atoms with Gasteiger partial charge in [-0.2, -0.15) is 17.6 Å². The van der Waals surface area contributed by atoms with Gasteiger partial charge < -0.3 is 20.1 Å². The molecule has 0 aliphatic carbocycles. The van der Waals surface area contributed by atoms with E-state index in [0.29, 0.717) is 33.8 Å². The summed E-state index contributed by atoms with van der Waals surface area (Å²) in [4.78, 5) is 49.9. The summed E-state index contributed by atoms with van der Waals surface area (Å²) < 4.78 is 69.2. The van der Waals surface area contributed by atoms with Gasteiger partial charge >= 0.3 is 35.6 Å². The van der Waals surface area contributed by atoms with Gasteiger partial charge in [0.1, 0.15) is 21.1 Å². The minimum atomic E-state index is -5.59. The molecule has 0 aliphatic heterocycles. The first-order chi connectivity index (χ1) is 19.9. The number of hydrogen-bond donors (Lipinski definition) is 2. The molecule has 0 saturated heterocycles. The topological polar surface area (TPSA) is 111 Å². The molecule has 42 heavy (non-hydrogen) atoms. The number of rotatable bonds is 9. The predicted octanol–water partition coefficient (Wildman–Crippen LogP) is 6.56.